The first kappa shape index (κ1) is 15.3. The van der Waals surface area contributed by atoms with Gasteiger partial charge in [0, 0.05) is 17.7 Å². The molecule has 0 radical (unpaired) electrons. The van der Waals surface area contributed by atoms with Crippen molar-refractivity contribution in [2.45, 2.75) is 32.2 Å². The highest BCUT2D eigenvalue weighted by Gasteiger charge is 2.22. The summed E-state index contributed by atoms with van der Waals surface area (Å²) in [6, 6.07) is 6.97. The van der Waals surface area contributed by atoms with Gasteiger partial charge in [-0.2, -0.15) is 5.10 Å². The minimum atomic E-state index is -0.207. The van der Waals surface area contributed by atoms with Gasteiger partial charge in [-0.15, -0.1) is 0 Å². The van der Waals surface area contributed by atoms with E-state index in [9.17, 15) is 9.59 Å². The highest BCUT2D eigenvalue weighted by molar-refractivity contribution is 5.96. The molecule has 1 atom stereocenters. The summed E-state index contributed by atoms with van der Waals surface area (Å²) in [5.74, 6) is 0.632. The number of aromatic amines is 1. The summed E-state index contributed by atoms with van der Waals surface area (Å²) in [5.41, 5.74) is 3.13. The lowest BCUT2D eigenvalue weighted by molar-refractivity contribution is 0.0933. The van der Waals surface area contributed by atoms with Gasteiger partial charge < -0.3 is 10.1 Å². The lowest BCUT2D eigenvalue weighted by atomic mass is 9.92. The molecule has 120 valence electrons. The standard InChI is InChI=1S/C17H19N3O3/c1-10-7-13(23-2)4-5-14(10)17(22)18-12-3-6-15-11(8-12)9-16(21)20-19-15/h4-5,7,9,12H,3,6,8H2,1-2H3,(H,18,22)(H,20,21)/t12-/m0/s1. The quantitative estimate of drug-likeness (QED) is 0.896. The molecule has 1 aliphatic carbocycles. The first-order chi connectivity index (χ1) is 11.1. The monoisotopic (exact) mass is 313 g/mol. The third-order valence-electron chi connectivity index (χ3n) is 4.19. The van der Waals surface area contributed by atoms with E-state index in [-0.39, 0.29) is 17.5 Å². The maximum atomic E-state index is 12.5. The first-order valence-corrected chi connectivity index (χ1v) is 7.60. The Hall–Kier alpha value is -2.63. The van der Waals surface area contributed by atoms with Crippen LogP contribution in [-0.2, 0) is 12.8 Å². The number of nitrogens with one attached hydrogen (secondary N) is 2. The topological polar surface area (TPSA) is 84.1 Å². The maximum Gasteiger partial charge on any atom is 0.264 e. The zero-order valence-electron chi connectivity index (χ0n) is 13.2. The summed E-state index contributed by atoms with van der Waals surface area (Å²) in [7, 11) is 1.60. The van der Waals surface area contributed by atoms with Crippen LogP contribution in [0.3, 0.4) is 0 Å². The second-order valence-corrected chi connectivity index (χ2v) is 5.80. The Bertz CT molecular complexity index is 798. The molecule has 1 amide bonds. The summed E-state index contributed by atoms with van der Waals surface area (Å²) in [5, 5.41) is 9.57. The highest BCUT2D eigenvalue weighted by Crippen LogP contribution is 2.20. The summed E-state index contributed by atoms with van der Waals surface area (Å²) in [6.07, 6.45) is 2.19. The van der Waals surface area contributed by atoms with Crippen LogP contribution in [-0.4, -0.2) is 29.3 Å². The van der Waals surface area contributed by atoms with Crippen LogP contribution in [0, 0.1) is 6.92 Å². The molecular weight excluding hydrogens is 294 g/mol. The molecule has 1 heterocycles. The second kappa shape index (κ2) is 6.24. The van der Waals surface area contributed by atoms with Gasteiger partial charge in [-0.3, -0.25) is 9.59 Å². The van der Waals surface area contributed by atoms with E-state index in [4.69, 9.17) is 4.74 Å². The number of carbonyl (C=O) groups is 1. The Morgan fingerprint density at radius 2 is 2.22 bits per heavy atom. The van der Waals surface area contributed by atoms with Crippen LogP contribution in [0.2, 0.25) is 0 Å². The molecule has 6 heteroatoms. The number of hydrogen-bond donors (Lipinski definition) is 2. The average molecular weight is 313 g/mol. The third kappa shape index (κ3) is 3.26. The summed E-state index contributed by atoms with van der Waals surface area (Å²) in [6.45, 7) is 1.89. The van der Waals surface area contributed by atoms with Crippen molar-refractivity contribution >= 4 is 5.91 Å². The van der Waals surface area contributed by atoms with Gasteiger partial charge >= 0.3 is 0 Å². The van der Waals surface area contributed by atoms with Crippen molar-refractivity contribution in [3.05, 3.63) is 57.0 Å². The number of carbonyl (C=O) groups excluding carboxylic acids is 1. The molecule has 6 nitrogen and oxygen atoms in total. The number of H-pyrrole nitrogens is 1. The number of nitrogens with zero attached hydrogens (tertiary/aromatic N) is 1. The number of fused-ring (bicyclic) bond motifs is 1. The summed E-state index contributed by atoms with van der Waals surface area (Å²) in [4.78, 5) is 23.9. The van der Waals surface area contributed by atoms with Gasteiger partial charge in [-0.05, 0) is 55.5 Å². The van der Waals surface area contributed by atoms with Gasteiger partial charge in [0.25, 0.3) is 11.5 Å². The van der Waals surface area contributed by atoms with Crippen molar-refractivity contribution in [2.24, 2.45) is 0 Å². The number of benzene rings is 1. The first-order valence-electron chi connectivity index (χ1n) is 7.60. The lowest BCUT2D eigenvalue weighted by Crippen LogP contribution is -2.39. The van der Waals surface area contributed by atoms with E-state index < -0.39 is 0 Å². The van der Waals surface area contributed by atoms with Crippen molar-refractivity contribution in [3.63, 3.8) is 0 Å². The molecule has 0 bridgehead atoms. The van der Waals surface area contributed by atoms with E-state index in [0.29, 0.717) is 12.0 Å². The third-order valence-corrected chi connectivity index (χ3v) is 4.19. The molecule has 0 saturated carbocycles. The van der Waals surface area contributed by atoms with Crippen LogP contribution < -0.4 is 15.6 Å². The molecule has 1 aliphatic rings. The lowest BCUT2D eigenvalue weighted by Gasteiger charge is -2.24. The van der Waals surface area contributed by atoms with Gasteiger partial charge in [-0.1, -0.05) is 0 Å². The molecule has 0 saturated heterocycles. The van der Waals surface area contributed by atoms with Gasteiger partial charge in [0.1, 0.15) is 5.75 Å². The Labute approximate surface area is 133 Å². The number of aryl methyl sites for hydroxylation is 2. The number of methoxy groups -OCH3 is 1. The van der Waals surface area contributed by atoms with Crippen molar-refractivity contribution in [1.82, 2.24) is 15.5 Å². The van der Waals surface area contributed by atoms with E-state index in [1.165, 1.54) is 0 Å². The maximum absolute atomic E-state index is 12.5. The van der Waals surface area contributed by atoms with Crippen LogP contribution in [0.25, 0.3) is 0 Å². The molecule has 1 aromatic carbocycles. The largest absolute Gasteiger partial charge is 0.497 e. The fourth-order valence-corrected chi connectivity index (χ4v) is 2.94. The molecule has 0 unspecified atom stereocenters. The van der Waals surface area contributed by atoms with Crippen molar-refractivity contribution < 1.29 is 9.53 Å². The SMILES string of the molecule is COc1ccc(C(=O)N[C@H]2CCc3n[nH]c(=O)cc3C2)c(C)c1. The van der Waals surface area contributed by atoms with E-state index in [2.05, 4.69) is 15.5 Å². The van der Waals surface area contributed by atoms with Crippen LogP contribution >= 0.6 is 0 Å². The average Bonchev–Trinajstić information content (AvgIpc) is 2.54. The smallest absolute Gasteiger partial charge is 0.264 e. The number of amides is 1. The zero-order valence-corrected chi connectivity index (χ0v) is 13.2. The van der Waals surface area contributed by atoms with Crippen molar-refractivity contribution in [2.75, 3.05) is 7.11 Å². The Morgan fingerprint density at radius 3 is 2.96 bits per heavy atom. The minimum absolute atomic E-state index is 0.0140. The molecule has 0 spiro atoms. The molecular formula is C17H19N3O3. The van der Waals surface area contributed by atoms with Crippen molar-refractivity contribution in [3.8, 4) is 5.75 Å². The van der Waals surface area contributed by atoms with Crippen LogP contribution in [0.4, 0.5) is 0 Å². The molecule has 2 aromatic rings. The predicted octanol–water partition coefficient (Wildman–Crippen LogP) is 1.37. The van der Waals surface area contributed by atoms with E-state index in [1.54, 1.807) is 25.3 Å². The van der Waals surface area contributed by atoms with Gasteiger partial charge in [0.15, 0.2) is 0 Å². The van der Waals surface area contributed by atoms with Gasteiger partial charge in [0.2, 0.25) is 0 Å². The van der Waals surface area contributed by atoms with E-state index in [1.807, 2.05) is 13.0 Å². The Kier molecular flexibility index (Phi) is 4.14. The number of aromatic nitrogens is 2. The fraction of sp³-hybridized carbons (Fsp3) is 0.353. The van der Waals surface area contributed by atoms with E-state index in [0.717, 1.165) is 35.4 Å². The predicted molar refractivity (Wildman–Crippen MR) is 85.9 cm³/mol. The highest BCUT2D eigenvalue weighted by atomic mass is 16.5. The van der Waals surface area contributed by atoms with Crippen LogP contribution in [0.15, 0.2) is 29.1 Å². The summed E-state index contributed by atoms with van der Waals surface area (Å²) >= 11 is 0. The molecule has 0 fully saturated rings. The minimum Gasteiger partial charge on any atom is -0.497 e. The second-order valence-electron chi connectivity index (χ2n) is 5.80. The van der Waals surface area contributed by atoms with Gasteiger partial charge in [0.05, 0.1) is 12.8 Å². The Balaban J connectivity index is 1.73. The fourth-order valence-electron chi connectivity index (χ4n) is 2.94. The van der Waals surface area contributed by atoms with Gasteiger partial charge in [-0.25, -0.2) is 5.10 Å². The molecule has 0 aliphatic heterocycles. The van der Waals surface area contributed by atoms with Crippen LogP contribution in [0.5, 0.6) is 5.75 Å². The van der Waals surface area contributed by atoms with E-state index >= 15 is 0 Å². The van der Waals surface area contributed by atoms with Crippen molar-refractivity contribution in [1.29, 1.82) is 0 Å². The Morgan fingerprint density at radius 1 is 1.39 bits per heavy atom. The molecule has 2 N–H and O–H groups in total. The number of rotatable bonds is 3. The van der Waals surface area contributed by atoms with Crippen LogP contribution in [0.1, 0.15) is 33.6 Å². The molecule has 23 heavy (non-hydrogen) atoms. The number of ether oxygens (including phenoxy) is 1. The normalized spacial score (nSPS) is 16.5. The number of hydrogen-bond acceptors (Lipinski definition) is 4. The zero-order chi connectivity index (χ0) is 16.4. The summed E-state index contributed by atoms with van der Waals surface area (Å²) < 4.78 is 5.16. The molecule has 1 aromatic heterocycles. The molecule has 3 rings (SSSR count).